The molecular weight excluding hydrogens is 446 g/mol. The van der Waals surface area contributed by atoms with E-state index in [0.717, 1.165) is 10.5 Å². The molecule has 0 radical (unpaired) electrons. The molecule has 2 aliphatic heterocycles. The monoisotopic (exact) mass is 469 g/mol. The van der Waals surface area contributed by atoms with Gasteiger partial charge in [-0.3, -0.25) is 19.3 Å². The minimum Gasteiger partial charge on any atom is -0.497 e. The molecule has 3 aromatic carbocycles. The summed E-state index contributed by atoms with van der Waals surface area (Å²) >= 11 is 1.56. The molecule has 1 aliphatic carbocycles. The minimum atomic E-state index is -1.57. The molecule has 6 heteroatoms. The van der Waals surface area contributed by atoms with Gasteiger partial charge in [-0.25, -0.2) is 0 Å². The van der Waals surface area contributed by atoms with Crippen LogP contribution in [0.2, 0.25) is 0 Å². The highest BCUT2D eigenvalue weighted by Crippen LogP contribution is 2.63. The predicted molar refractivity (Wildman–Crippen MR) is 130 cm³/mol. The SMILES string of the molecule is COc1ccc([C@@H]2CN(C)C3(C(=O)c4ccccc4C3=O)[C@]23CSc2ccccc2C3=O)cc1. The van der Waals surface area contributed by atoms with Gasteiger partial charge in [-0.1, -0.05) is 54.6 Å². The topological polar surface area (TPSA) is 63.7 Å². The van der Waals surface area contributed by atoms with Gasteiger partial charge in [0.2, 0.25) is 0 Å². The normalized spacial score (nSPS) is 25.1. The number of ketones is 3. The van der Waals surface area contributed by atoms with E-state index in [1.807, 2.05) is 60.5 Å². The number of Topliss-reactive ketones (excluding diaryl/α,β-unsaturated/α-hetero) is 3. The van der Waals surface area contributed by atoms with Crippen molar-refractivity contribution in [3.63, 3.8) is 0 Å². The van der Waals surface area contributed by atoms with Gasteiger partial charge in [0.25, 0.3) is 0 Å². The number of likely N-dealkylation sites (N-methyl/N-ethyl adjacent to an activating group) is 1. The second-order valence-electron chi connectivity index (χ2n) is 9.21. The van der Waals surface area contributed by atoms with Crippen molar-refractivity contribution in [1.29, 1.82) is 0 Å². The molecule has 1 fully saturated rings. The van der Waals surface area contributed by atoms with Crippen molar-refractivity contribution in [1.82, 2.24) is 4.90 Å². The molecule has 0 aromatic heterocycles. The van der Waals surface area contributed by atoms with Crippen LogP contribution in [-0.4, -0.2) is 54.2 Å². The number of rotatable bonds is 2. The number of carbonyl (C=O) groups is 3. The third kappa shape index (κ3) is 2.42. The van der Waals surface area contributed by atoms with Crippen molar-refractivity contribution in [2.75, 3.05) is 26.5 Å². The Hall–Kier alpha value is -3.22. The Morgan fingerprint density at radius 1 is 0.824 bits per heavy atom. The molecule has 3 aliphatic rings. The molecular formula is C28H23NO4S. The van der Waals surface area contributed by atoms with Crippen LogP contribution in [0.25, 0.3) is 0 Å². The van der Waals surface area contributed by atoms with Crippen LogP contribution in [0.1, 0.15) is 42.6 Å². The highest BCUT2D eigenvalue weighted by Gasteiger charge is 2.76. The molecule has 0 bridgehead atoms. The number of likely N-dealkylation sites (tertiary alicyclic amines) is 1. The number of ether oxygens (including phenoxy) is 1. The number of benzene rings is 3. The van der Waals surface area contributed by atoms with Crippen molar-refractivity contribution in [2.24, 2.45) is 5.41 Å². The molecule has 1 saturated heterocycles. The van der Waals surface area contributed by atoms with Crippen molar-refractivity contribution >= 4 is 29.1 Å². The molecule has 0 N–H and O–H groups in total. The highest BCUT2D eigenvalue weighted by molar-refractivity contribution is 7.99. The van der Waals surface area contributed by atoms with Crippen LogP contribution >= 0.6 is 11.8 Å². The number of fused-ring (bicyclic) bond motifs is 3. The molecule has 2 spiro atoms. The molecule has 2 atom stereocenters. The quantitative estimate of drug-likeness (QED) is 0.515. The van der Waals surface area contributed by atoms with E-state index in [-0.39, 0.29) is 23.3 Å². The summed E-state index contributed by atoms with van der Waals surface area (Å²) < 4.78 is 5.34. The van der Waals surface area contributed by atoms with E-state index in [1.54, 1.807) is 43.1 Å². The van der Waals surface area contributed by atoms with Crippen molar-refractivity contribution in [3.8, 4) is 5.75 Å². The van der Waals surface area contributed by atoms with Gasteiger partial charge in [0.1, 0.15) is 5.75 Å². The summed E-state index contributed by atoms with van der Waals surface area (Å²) in [6, 6.07) is 22.1. The van der Waals surface area contributed by atoms with E-state index >= 15 is 0 Å². The van der Waals surface area contributed by atoms with Gasteiger partial charge in [0, 0.05) is 39.8 Å². The molecule has 0 amide bonds. The summed E-state index contributed by atoms with van der Waals surface area (Å²) in [5, 5.41) is 0. The van der Waals surface area contributed by atoms with E-state index in [9.17, 15) is 14.4 Å². The highest BCUT2D eigenvalue weighted by atomic mass is 32.2. The third-order valence-corrected chi connectivity index (χ3v) is 9.12. The Bertz CT molecular complexity index is 1330. The van der Waals surface area contributed by atoms with Crippen LogP contribution in [0, 0.1) is 5.41 Å². The fourth-order valence-corrected chi connectivity index (χ4v) is 7.73. The maximum absolute atomic E-state index is 14.5. The van der Waals surface area contributed by atoms with E-state index in [2.05, 4.69) is 0 Å². The maximum Gasteiger partial charge on any atom is 0.192 e. The predicted octanol–water partition coefficient (Wildman–Crippen LogP) is 4.52. The first-order chi connectivity index (χ1) is 16.5. The van der Waals surface area contributed by atoms with E-state index in [4.69, 9.17) is 4.74 Å². The zero-order chi connectivity index (χ0) is 23.7. The molecule has 170 valence electrons. The summed E-state index contributed by atoms with van der Waals surface area (Å²) in [4.78, 5) is 45.7. The van der Waals surface area contributed by atoms with Crippen molar-refractivity contribution in [3.05, 3.63) is 95.1 Å². The Labute approximate surface area is 202 Å². The lowest BCUT2D eigenvalue weighted by Gasteiger charge is -2.46. The van der Waals surface area contributed by atoms with Gasteiger partial charge in [-0.15, -0.1) is 11.8 Å². The first-order valence-corrected chi connectivity index (χ1v) is 12.3. The summed E-state index contributed by atoms with van der Waals surface area (Å²) in [6.45, 7) is 0.423. The molecule has 6 rings (SSSR count). The fourth-order valence-electron chi connectivity index (χ4n) is 6.31. The molecule has 34 heavy (non-hydrogen) atoms. The van der Waals surface area contributed by atoms with E-state index in [1.165, 1.54) is 0 Å². The van der Waals surface area contributed by atoms with Gasteiger partial charge in [0.05, 0.1) is 12.5 Å². The molecule has 5 nitrogen and oxygen atoms in total. The van der Waals surface area contributed by atoms with Crippen LogP contribution in [0.3, 0.4) is 0 Å². The number of hydrogen-bond donors (Lipinski definition) is 0. The number of thioether (sulfide) groups is 1. The van der Waals surface area contributed by atoms with Crippen LogP contribution in [0.4, 0.5) is 0 Å². The van der Waals surface area contributed by atoms with Crippen LogP contribution in [-0.2, 0) is 0 Å². The van der Waals surface area contributed by atoms with Crippen molar-refractivity contribution < 1.29 is 19.1 Å². The second-order valence-corrected chi connectivity index (χ2v) is 10.2. The number of hydrogen-bond acceptors (Lipinski definition) is 6. The van der Waals surface area contributed by atoms with E-state index in [0.29, 0.717) is 34.7 Å². The number of nitrogens with zero attached hydrogens (tertiary/aromatic N) is 1. The van der Waals surface area contributed by atoms with Gasteiger partial charge in [-0.2, -0.15) is 0 Å². The molecule has 0 unspecified atom stereocenters. The average Bonchev–Trinajstić information content (AvgIpc) is 3.27. The maximum atomic E-state index is 14.5. The molecule has 2 heterocycles. The summed E-state index contributed by atoms with van der Waals surface area (Å²) in [7, 11) is 3.42. The van der Waals surface area contributed by atoms with Crippen LogP contribution in [0.5, 0.6) is 5.75 Å². The standard InChI is InChI=1S/C28H23NO4S/c1-29-15-22(17-11-13-18(33-2)14-12-17)27(16-34-23-10-6-5-9-21(23)24(27)30)28(29)25(31)19-7-3-4-8-20(19)26(28)32/h3-14,22H,15-16H2,1-2H3/t22-,27+/m0/s1. The smallest absolute Gasteiger partial charge is 0.192 e. The largest absolute Gasteiger partial charge is 0.497 e. The lowest BCUT2D eigenvalue weighted by Crippen LogP contribution is -2.66. The second kappa shape index (κ2) is 7.39. The molecule has 3 aromatic rings. The van der Waals surface area contributed by atoms with Gasteiger partial charge >= 0.3 is 0 Å². The zero-order valence-corrected chi connectivity index (χ0v) is 19.7. The van der Waals surface area contributed by atoms with Gasteiger partial charge < -0.3 is 4.74 Å². The Balaban J connectivity index is 1.63. The Kier molecular flexibility index (Phi) is 4.63. The van der Waals surface area contributed by atoms with Gasteiger partial charge in [-0.05, 0) is 30.8 Å². The van der Waals surface area contributed by atoms with Crippen molar-refractivity contribution in [2.45, 2.75) is 16.4 Å². The number of methoxy groups -OCH3 is 1. The van der Waals surface area contributed by atoms with Crippen LogP contribution < -0.4 is 4.74 Å². The lowest BCUT2D eigenvalue weighted by molar-refractivity contribution is 0.0361. The average molecular weight is 470 g/mol. The summed E-state index contributed by atoms with van der Waals surface area (Å²) in [5.74, 6) is 0.0874. The third-order valence-electron chi connectivity index (χ3n) is 7.85. The fraction of sp³-hybridized carbons (Fsp3) is 0.250. The zero-order valence-electron chi connectivity index (χ0n) is 18.9. The Morgan fingerprint density at radius 3 is 2.03 bits per heavy atom. The van der Waals surface area contributed by atoms with E-state index < -0.39 is 11.0 Å². The lowest BCUT2D eigenvalue weighted by atomic mass is 9.58. The van der Waals surface area contributed by atoms with Crippen LogP contribution in [0.15, 0.2) is 77.7 Å². The van der Waals surface area contributed by atoms with Gasteiger partial charge in [0.15, 0.2) is 22.9 Å². The molecule has 0 saturated carbocycles. The number of carbonyl (C=O) groups excluding carboxylic acids is 3. The summed E-state index contributed by atoms with van der Waals surface area (Å²) in [5.41, 5.74) is -0.476. The first-order valence-electron chi connectivity index (χ1n) is 11.3. The first kappa shape index (κ1) is 21.3. The Morgan fingerprint density at radius 2 is 1.41 bits per heavy atom. The summed E-state index contributed by atoms with van der Waals surface area (Å²) in [6.07, 6.45) is 0. The minimum absolute atomic E-state index is 0.124.